The van der Waals surface area contributed by atoms with E-state index in [-0.39, 0.29) is 5.95 Å². The van der Waals surface area contributed by atoms with Crippen molar-refractivity contribution in [3.8, 4) is 5.95 Å². The Morgan fingerprint density at radius 3 is 2.68 bits per heavy atom. The molecular formula is C12H19N7. The van der Waals surface area contributed by atoms with Gasteiger partial charge in [0.2, 0.25) is 11.9 Å². The van der Waals surface area contributed by atoms with Crippen molar-refractivity contribution < 1.29 is 0 Å². The molecule has 2 aromatic rings. The van der Waals surface area contributed by atoms with Crippen molar-refractivity contribution in [2.24, 2.45) is 11.8 Å². The third kappa shape index (κ3) is 3.40. The number of hydrogen-bond acceptors (Lipinski definition) is 6. The smallest absolute Gasteiger partial charge is 0.257 e. The molecule has 0 saturated heterocycles. The molecule has 1 atom stereocenters. The summed E-state index contributed by atoms with van der Waals surface area (Å²) in [5.41, 5.74) is 5.69. The summed E-state index contributed by atoms with van der Waals surface area (Å²) < 4.78 is 1.55. The molecule has 3 N–H and O–H groups in total. The van der Waals surface area contributed by atoms with Gasteiger partial charge in [-0.15, -0.1) is 0 Å². The summed E-state index contributed by atoms with van der Waals surface area (Å²) in [6, 6.07) is 1.80. The Balaban J connectivity index is 2.13. The second-order valence-corrected chi connectivity index (χ2v) is 4.87. The Bertz CT molecular complexity index is 521. The number of hydrogen-bond donors (Lipinski definition) is 2. The Hall–Kier alpha value is -2.18. The van der Waals surface area contributed by atoms with Crippen LogP contribution in [0.1, 0.15) is 20.8 Å². The summed E-state index contributed by atoms with van der Waals surface area (Å²) in [5, 5.41) is 7.26. The molecule has 2 heterocycles. The van der Waals surface area contributed by atoms with Crippen LogP contribution >= 0.6 is 0 Å². The van der Waals surface area contributed by atoms with Crippen molar-refractivity contribution in [2.75, 3.05) is 17.6 Å². The molecule has 1 unspecified atom stereocenters. The van der Waals surface area contributed by atoms with Gasteiger partial charge in [-0.3, -0.25) is 0 Å². The molecule has 2 aromatic heterocycles. The molecular weight excluding hydrogens is 242 g/mol. The van der Waals surface area contributed by atoms with Crippen molar-refractivity contribution in [2.45, 2.75) is 20.8 Å². The molecule has 0 bridgehead atoms. The molecule has 0 aliphatic heterocycles. The molecule has 0 aliphatic carbocycles. The van der Waals surface area contributed by atoms with Gasteiger partial charge >= 0.3 is 0 Å². The van der Waals surface area contributed by atoms with Crippen LogP contribution in [0.3, 0.4) is 0 Å². The van der Waals surface area contributed by atoms with Crippen molar-refractivity contribution in [3.05, 3.63) is 18.5 Å². The predicted molar refractivity (Wildman–Crippen MR) is 73.9 cm³/mol. The predicted octanol–water partition coefficient (Wildman–Crippen LogP) is 1.34. The number of nitrogens with one attached hydrogen (secondary N) is 1. The minimum atomic E-state index is 0.181. The fraction of sp³-hybridized carbons (Fsp3) is 0.500. The molecule has 102 valence electrons. The Morgan fingerprint density at radius 1 is 1.26 bits per heavy atom. The van der Waals surface area contributed by atoms with Crippen LogP contribution in [0.2, 0.25) is 0 Å². The SMILES string of the molecule is CC(C)C(C)CNc1nc(N)nc(-n2cccn2)n1. The zero-order valence-corrected chi connectivity index (χ0v) is 11.4. The van der Waals surface area contributed by atoms with E-state index in [0.717, 1.165) is 6.54 Å². The quantitative estimate of drug-likeness (QED) is 0.843. The van der Waals surface area contributed by atoms with Crippen LogP contribution in [0.25, 0.3) is 5.95 Å². The van der Waals surface area contributed by atoms with Crippen molar-refractivity contribution in [3.63, 3.8) is 0 Å². The van der Waals surface area contributed by atoms with Gasteiger partial charge in [0.25, 0.3) is 5.95 Å². The number of nitrogens with zero attached hydrogens (tertiary/aromatic N) is 5. The van der Waals surface area contributed by atoms with Gasteiger partial charge in [-0.05, 0) is 17.9 Å². The average molecular weight is 261 g/mol. The number of aromatic nitrogens is 5. The normalized spacial score (nSPS) is 12.6. The summed E-state index contributed by atoms with van der Waals surface area (Å²) in [6.45, 7) is 7.34. The largest absolute Gasteiger partial charge is 0.368 e. The van der Waals surface area contributed by atoms with Crippen LogP contribution in [0.15, 0.2) is 18.5 Å². The second kappa shape index (κ2) is 5.64. The molecule has 0 aromatic carbocycles. The molecule has 0 aliphatic rings. The number of nitrogens with two attached hydrogens (primary N) is 1. The van der Waals surface area contributed by atoms with Gasteiger partial charge in [-0.1, -0.05) is 20.8 Å². The zero-order valence-electron chi connectivity index (χ0n) is 11.4. The number of nitrogen functional groups attached to an aromatic ring is 1. The Morgan fingerprint density at radius 2 is 2.05 bits per heavy atom. The highest BCUT2D eigenvalue weighted by Gasteiger charge is 2.10. The van der Waals surface area contributed by atoms with E-state index < -0.39 is 0 Å². The first kappa shape index (κ1) is 13.3. The number of anilines is 2. The van der Waals surface area contributed by atoms with Crippen LogP contribution in [0.4, 0.5) is 11.9 Å². The minimum Gasteiger partial charge on any atom is -0.368 e. The van der Waals surface area contributed by atoms with Gasteiger partial charge < -0.3 is 11.1 Å². The Kier molecular flexibility index (Phi) is 3.94. The maximum Gasteiger partial charge on any atom is 0.257 e. The van der Waals surface area contributed by atoms with Gasteiger partial charge in [0.15, 0.2) is 0 Å². The highest BCUT2D eigenvalue weighted by atomic mass is 15.4. The lowest BCUT2D eigenvalue weighted by atomic mass is 9.98. The molecule has 0 saturated carbocycles. The Labute approximate surface area is 112 Å². The van der Waals surface area contributed by atoms with E-state index >= 15 is 0 Å². The van der Waals surface area contributed by atoms with Crippen LogP contribution in [-0.4, -0.2) is 31.3 Å². The first-order valence-electron chi connectivity index (χ1n) is 6.31. The van der Waals surface area contributed by atoms with Crippen LogP contribution < -0.4 is 11.1 Å². The molecule has 0 amide bonds. The lowest BCUT2D eigenvalue weighted by molar-refractivity contribution is 0.439. The summed E-state index contributed by atoms with van der Waals surface area (Å²) in [6.07, 6.45) is 3.42. The maximum absolute atomic E-state index is 5.69. The fourth-order valence-electron chi connectivity index (χ4n) is 1.44. The van der Waals surface area contributed by atoms with Crippen LogP contribution in [0, 0.1) is 11.8 Å². The summed E-state index contributed by atoms with van der Waals surface area (Å²) in [4.78, 5) is 12.4. The van der Waals surface area contributed by atoms with Gasteiger partial charge in [0, 0.05) is 18.9 Å². The van der Waals surface area contributed by atoms with Crippen molar-refractivity contribution in [1.82, 2.24) is 24.7 Å². The standard InChI is InChI=1S/C12H19N7/c1-8(2)9(3)7-14-11-16-10(13)17-12(18-11)19-6-4-5-15-19/h4-6,8-9H,7H2,1-3H3,(H3,13,14,16,17,18). The monoisotopic (exact) mass is 261 g/mol. The van der Waals surface area contributed by atoms with E-state index in [1.165, 1.54) is 0 Å². The first-order chi connectivity index (χ1) is 9.06. The summed E-state index contributed by atoms with van der Waals surface area (Å²) in [7, 11) is 0. The van der Waals surface area contributed by atoms with Crippen LogP contribution in [0.5, 0.6) is 0 Å². The first-order valence-corrected chi connectivity index (χ1v) is 6.31. The van der Waals surface area contributed by atoms with E-state index in [2.05, 4.69) is 46.1 Å². The highest BCUT2D eigenvalue weighted by molar-refractivity contribution is 5.34. The van der Waals surface area contributed by atoms with Crippen LogP contribution in [-0.2, 0) is 0 Å². The number of rotatable bonds is 5. The van der Waals surface area contributed by atoms with Gasteiger partial charge in [-0.25, -0.2) is 4.68 Å². The van der Waals surface area contributed by atoms with E-state index in [1.54, 1.807) is 23.1 Å². The highest BCUT2D eigenvalue weighted by Crippen LogP contribution is 2.11. The van der Waals surface area contributed by atoms with E-state index in [0.29, 0.717) is 23.7 Å². The van der Waals surface area contributed by atoms with Gasteiger partial charge in [-0.2, -0.15) is 20.1 Å². The zero-order chi connectivity index (χ0) is 13.8. The minimum absolute atomic E-state index is 0.181. The third-order valence-electron chi connectivity index (χ3n) is 3.07. The fourth-order valence-corrected chi connectivity index (χ4v) is 1.44. The summed E-state index contributed by atoms with van der Waals surface area (Å²) >= 11 is 0. The molecule has 7 nitrogen and oxygen atoms in total. The summed E-state index contributed by atoms with van der Waals surface area (Å²) in [5.74, 6) is 2.19. The van der Waals surface area contributed by atoms with E-state index in [1.807, 2.05) is 0 Å². The molecule has 7 heteroatoms. The van der Waals surface area contributed by atoms with Gasteiger partial charge in [0.1, 0.15) is 0 Å². The average Bonchev–Trinajstić information content (AvgIpc) is 2.89. The maximum atomic E-state index is 5.69. The second-order valence-electron chi connectivity index (χ2n) is 4.87. The molecule has 0 radical (unpaired) electrons. The molecule has 2 rings (SSSR count). The lowest BCUT2D eigenvalue weighted by Gasteiger charge is -2.16. The van der Waals surface area contributed by atoms with E-state index in [4.69, 9.17) is 5.73 Å². The molecule has 19 heavy (non-hydrogen) atoms. The molecule has 0 spiro atoms. The third-order valence-corrected chi connectivity index (χ3v) is 3.07. The van der Waals surface area contributed by atoms with Crippen molar-refractivity contribution in [1.29, 1.82) is 0 Å². The van der Waals surface area contributed by atoms with Gasteiger partial charge in [0.05, 0.1) is 0 Å². The van der Waals surface area contributed by atoms with Crippen molar-refractivity contribution >= 4 is 11.9 Å². The van der Waals surface area contributed by atoms with E-state index in [9.17, 15) is 0 Å². The molecule has 0 fully saturated rings. The lowest BCUT2D eigenvalue weighted by Crippen LogP contribution is -2.19. The topological polar surface area (TPSA) is 94.5 Å².